The molecular weight excluding hydrogens is 719 g/mol. The Hall–Kier alpha value is -1.92. The van der Waals surface area contributed by atoms with Gasteiger partial charge in [0.05, 0.1) is 25.2 Å². The van der Waals surface area contributed by atoms with E-state index in [0.717, 1.165) is 77.0 Å². The molecule has 3 atom stereocenters. The zero-order chi connectivity index (χ0) is 42.4. The van der Waals surface area contributed by atoms with Crippen molar-refractivity contribution in [2.45, 2.75) is 277 Å². The Morgan fingerprint density at radius 2 is 0.879 bits per heavy atom. The molecule has 0 saturated carbocycles. The predicted molar refractivity (Wildman–Crippen MR) is 250 cm³/mol. The van der Waals surface area contributed by atoms with E-state index in [1.54, 1.807) is 0 Å². The number of rotatable bonds is 45. The van der Waals surface area contributed by atoms with Gasteiger partial charge in [-0.05, 0) is 83.5 Å². The lowest BCUT2D eigenvalue weighted by atomic mass is 10.0. The highest BCUT2D eigenvalue weighted by Gasteiger charge is 2.24. The number of ether oxygens (including phenoxy) is 1. The first-order chi connectivity index (χ1) is 28.5. The van der Waals surface area contributed by atoms with Crippen LogP contribution in [0.4, 0.5) is 0 Å². The number of hydrogen-bond donors (Lipinski definition) is 3. The van der Waals surface area contributed by atoms with Crippen LogP contribution < -0.4 is 5.32 Å². The minimum absolute atomic E-state index is 0.0641. The third-order valence-corrected chi connectivity index (χ3v) is 11.4. The fourth-order valence-corrected chi connectivity index (χ4v) is 7.57. The van der Waals surface area contributed by atoms with Crippen LogP contribution in [0.3, 0.4) is 0 Å². The lowest BCUT2D eigenvalue weighted by Gasteiger charge is -2.24. The largest absolute Gasteiger partial charge is 0.462 e. The van der Waals surface area contributed by atoms with Gasteiger partial charge in [0, 0.05) is 6.42 Å². The summed E-state index contributed by atoms with van der Waals surface area (Å²) in [5.41, 5.74) is 0. The van der Waals surface area contributed by atoms with Gasteiger partial charge in [0.1, 0.15) is 6.10 Å². The summed E-state index contributed by atoms with van der Waals surface area (Å²) in [6, 6.07) is -0.706. The van der Waals surface area contributed by atoms with Crippen LogP contribution >= 0.6 is 0 Å². The lowest BCUT2D eigenvalue weighted by molar-refractivity contribution is -0.151. The molecule has 3 unspecified atom stereocenters. The fraction of sp³-hybridized carbons (Fsp3) is 0.846. The van der Waals surface area contributed by atoms with Crippen molar-refractivity contribution in [3.8, 4) is 0 Å². The molecule has 0 saturated heterocycles. The van der Waals surface area contributed by atoms with Gasteiger partial charge in [0.2, 0.25) is 5.91 Å². The molecule has 0 spiro atoms. The first-order valence-electron chi connectivity index (χ1n) is 25.2. The maximum atomic E-state index is 13.2. The Morgan fingerprint density at radius 1 is 0.500 bits per heavy atom. The highest BCUT2D eigenvalue weighted by atomic mass is 16.5. The fourth-order valence-electron chi connectivity index (χ4n) is 7.57. The molecule has 0 aliphatic heterocycles. The van der Waals surface area contributed by atoms with E-state index >= 15 is 0 Å². The molecule has 0 aromatic carbocycles. The van der Waals surface area contributed by atoms with Crippen molar-refractivity contribution in [1.82, 2.24) is 5.32 Å². The summed E-state index contributed by atoms with van der Waals surface area (Å²) in [6.45, 7) is 6.44. The molecule has 0 aliphatic rings. The van der Waals surface area contributed by atoms with Gasteiger partial charge in [-0.3, -0.25) is 9.59 Å². The predicted octanol–water partition coefficient (Wildman–Crippen LogP) is 14.9. The number of aliphatic hydroxyl groups excluding tert-OH is 2. The Balaban J connectivity index is 4.63. The topological polar surface area (TPSA) is 95.9 Å². The van der Waals surface area contributed by atoms with Crippen LogP contribution in [0.25, 0.3) is 0 Å². The second-order valence-corrected chi connectivity index (χ2v) is 17.2. The third-order valence-electron chi connectivity index (χ3n) is 11.4. The molecule has 6 nitrogen and oxygen atoms in total. The minimum atomic E-state index is -0.791. The van der Waals surface area contributed by atoms with Gasteiger partial charge in [-0.2, -0.15) is 0 Å². The molecule has 0 bridgehead atoms. The molecule has 58 heavy (non-hydrogen) atoms. The second kappa shape index (κ2) is 46.2. The zero-order valence-corrected chi connectivity index (χ0v) is 38.7. The standard InChI is InChI=1S/C52H97NO5/c1-4-7-10-13-16-19-22-24-25-27-29-31-34-37-40-43-48(58-52(57)45-42-39-36-33-30-26-23-20-17-14-11-8-5-2)46-51(56)53-49(47-54)50(55)44-41-38-35-32-28-21-18-15-12-9-6-3/h16,19,24-26,30,48-50,54-55H,4-15,17-18,20-23,27-29,31-47H2,1-3H3,(H,53,56)/b19-16-,25-24-,30-26-. The molecule has 0 radical (unpaired) electrons. The molecule has 0 aromatic rings. The maximum Gasteiger partial charge on any atom is 0.306 e. The quantitative estimate of drug-likeness (QED) is 0.0323. The first-order valence-corrected chi connectivity index (χ1v) is 25.2. The summed E-state index contributed by atoms with van der Waals surface area (Å²) in [5, 5.41) is 23.7. The number of nitrogens with one attached hydrogen (secondary N) is 1. The van der Waals surface area contributed by atoms with Gasteiger partial charge in [-0.25, -0.2) is 0 Å². The molecule has 0 rings (SSSR count). The summed E-state index contributed by atoms with van der Waals surface area (Å²) in [6.07, 6.45) is 53.4. The van der Waals surface area contributed by atoms with Gasteiger partial charge >= 0.3 is 5.97 Å². The monoisotopic (exact) mass is 816 g/mol. The highest BCUT2D eigenvalue weighted by Crippen LogP contribution is 2.17. The van der Waals surface area contributed by atoms with Crippen LogP contribution in [0.1, 0.15) is 258 Å². The summed E-state index contributed by atoms with van der Waals surface area (Å²) in [7, 11) is 0. The van der Waals surface area contributed by atoms with Crippen LogP contribution in [0, 0.1) is 0 Å². The Morgan fingerprint density at radius 3 is 1.36 bits per heavy atom. The molecule has 0 fully saturated rings. The van der Waals surface area contributed by atoms with Gasteiger partial charge in [-0.15, -0.1) is 0 Å². The van der Waals surface area contributed by atoms with E-state index in [0.29, 0.717) is 19.3 Å². The number of carbonyl (C=O) groups is 2. The molecule has 0 aliphatic carbocycles. The number of carbonyl (C=O) groups excluding carboxylic acids is 2. The van der Waals surface area contributed by atoms with Crippen LogP contribution in [0.5, 0.6) is 0 Å². The van der Waals surface area contributed by atoms with E-state index in [9.17, 15) is 19.8 Å². The molecule has 3 N–H and O–H groups in total. The molecule has 0 heterocycles. The number of esters is 1. The molecular formula is C52H97NO5. The first kappa shape index (κ1) is 56.1. The smallest absolute Gasteiger partial charge is 0.306 e. The normalized spacial score (nSPS) is 13.5. The summed E-state index contributed by atoms with van der Waals surface area (Å²) in [4.78, 5) is 26.1. The van der Waals surface area contributed by atoms with E-state index in [2.05, 4.69) is 62.5 Å². The van der Waals surface area contributed by atoms with Crippen molar-refractivity contribution in [3.05, 3.63) is 36.5 Å². The number of amides is 1. The van der Waals surface area contributed by atoms with E-state index < -0.39 is 18.2 Å². The van der Waals surface area contributed by atoms with Crippen molar-refractivity contribution in [1.29, 1.82) is 0 Å². The molecule has 0 aromatic heterocycles. The van der Waals surface area contributed by atoms with Crippen LogP contribution in [0.15, 0.2) is 36.5 Å². The van der Waals surface area contributed by atoms with Crippen LogP contribution in [-0.2, 0) is 14.3 Å². The summed E-state index contributed by atoms with van der Waals surface area (Å²) >= 11 is 0. The lowest BCUT2D eigenvalue weighted by Crippen LogP contribution is -2.46. The Bertz CT molecular complexity index is 961. The van der Waals surface area contributed by atoms with Gasteiger partial charge in [0.15, 0.2) is 0 Å². The third kappa shape index (κ3) is 40.8. The van der Waals surface area contributed by atoms with E-state index in [4.69, 9.17) is 4.74 Å². The van der Waals surface area contributed by atoms with Crippen molar-refractivity contribution in [3.63, 3.8) is 0 Å². The highest BCUT2D eigenvalue weighted by molar-refractivity contribution is 5.77. The summed E-state index contributed by atoms with van der Waals surface area (Å²) < 4.78 is 5.91. The van der Waals surface area contributed by atoms with Crippen molar-refractivity contribution < 1.29 is 24.5 Å². The van der Waals surface area contributed by atoms with Crippen LogP contribution in [0.2, 0.25) is 0 Å². The second-order valence-electron chi connectivity index (χ2n) is 17.2. The van der Waals surface area contributed by atoms with Crippen molar-refractivity contribution in [2.75, 3.05) is 6.61 Å². The van der Waals surface area contributed by atoms with Gasteiger partial charge in [0.25, 0.3) is 0 Å². The number of allylic oxidation sites excluding steroid dienone is 6. The zero-order valence-electron chi connectivity index (χ0n) is 38.7. The SMILES string of the molecule is CCCCC/C=C\C/C=C\CCCCCCCC(CC(=O)NC(CO)C(O)CCCCCCCCCCCCC)OC(=O)CCCCC/C=C\CCCCCCCC. The van der Waals surface area contributed by atoms with Gasteiger partial charge < -0.3 is 20.3 Å². The number of aliphatic hydroxyl groups is 2. The average Bonchev–Trinajstić information content (AvgIpc) is 3.22. The van der Waals surface area contributed by atoms with Crippen molar-refractivity contribution in [2.24, 2.45) is 0 Å². The van der Waals surface area contributed by atoms with E-state index in [1.165, 1.54) is 135 Å². The average molecular weight is 816 g/mol. The van der Waals surface area contributed by atoms with E-state index in [-0.39, 0.29) is 24.9 Å². The van der Waals surface area contributed by atoms with E-state index in [1.807, 2.05) is 0 Å². The molecule has 1 amide bonds. The van der Waals surface area contributed by atoms with Gasteiger partial charge in [-0.1, -0.05) is 198 Å². The van der Waals surface area contributed by atoms with Crippen molar-refractivity contribution >= 4 is 11.9 Å². The summed E-state index contributed by atoms with van der Waals surface area (Å²) in [5.74, 6) is -0.501. The number of unbranched alkanes of at least 4 members (excludes halogenated alkanes) is 27. The Labute approximate surface area is 360 Å². The molecule has 6 heteroatoms. The Kier molecular flexibility index (Phi) is 44.6. The maximum absolute atomic E-state index is 13.2. The number of hydrogen-bond acceptors (Lipinski definition) is 5. The molecule has 340 valence electrons. The minimum Gasteiger partial charge on any atom is -0.462 e. The van der Waals surface area contributed by atoms with Crippen LogP contribution in [-0.4, -0.2) is 46.9 Å².